The van der Waals surface area contributed by atoms with Crippen molar-refractivity contribution >= 4 is 21.6 Å². The maximum Gasteiger partial charge on any atom is 0.263 e. The Morgan fingerprint density at radius 3 is 2.90 bits per heavy atom. The molecule has 0 aromatic carbocycles. The second kappa shape index (κ2) is 5.53. The molecule has 1 aromatic rings. The quantitative estimate of drug-likeness (QED) is 0.847. The third kappa shape index (κ3) is 2.50. The summed E-state index contributed by atoms with van der Waals surface area (Å²) in [5, 5.41) is 6.84. The molecule has 0 aliphatic carbocycles. The Morgan fingerprint density at radius 2 is 2.19 bits per heavy atom. The van der Waals surface area contributed by atoms with Crippen LogP contribution in [-0.2, 0) is 15.9 Å². The van der Waals surface area contributed by atoms with Crippen molar-refractivity contribution < 1.29 is 8.42 Å². The van der Waals surface area contributed by atoms with E-state index in [0.717, 1.165) is 31.6 Å². The Bertz CT molecular complexity index is 630. The summed E-state index contributed by atoms with van der Waals surface area (Å²) in [7, 11) is -3.59. The van der Waals surface area contributed by atoms with Crippen LogP contribution >= 0.6 is 11.6 Å². The van der Waals surface area contributed by atoms with E-state index < -0.39 is 10.0 Å². The number of nitrogens with zero attached hydrogens (tertiary/aromatic N) is 3. The predicted octanol–water partition coefficient (Wildman–Crippen LogP) is 1.31. The monoisotopic (exact) mass is 332 g/mol. The number of alkyl halides is 1. The number of rotatable bonds is 3. The number of H-pyrrole nitrogens is 1. The summed E-state index contributed by atoms with van der Waals surface area (Å²) in [5.74, 6) is 0.147. The number of sulfonamides is 1. The van der Waals surface area contributed by atoms with E-state index in [1.165, 1.54) is 0 Å². The van der Waals surface area contributed by atoms with Gasteiger partial charge >= 0.3 is 0 Å². The fourth-order valence-corrected chi connectivity index (χ4v) is 5.64. The van der Waals surface area contributed by atoms with E-state index in [1.54, 1.807) is 11.2 Å². The first-order chi connectivity index (χ1) is 9.95. The van der Waals surface area contributed by atoms with Crippen LogP contribution in [0.2, 0.25) is 0 Å². The summed E-state index contributed by atoms with van der Waals surface area (Å²) in [5.41, 5.74) is 1.30. The van der Waals surface area contributed by atoms with Gasteiger partial charge in [-0.25, -0.2) is 8.42 Å². The zero-order chi connectivity index (χ0) is 15.2. The lowest BCUT2D eigenvalue weighted by molar-refractivity contribution is 0.117. The number of piperazine rings is 1. The second-order valence-electron chi connectivity index (χ2n) is 5.98. The SMILES string of the molecule is Cc1[nH]nc(S(=O)(=O)N2CC3CCCN3CC2C)c1CCl. The summed E-state index contributed by atoms with van der Waals surface area (Å²) >= 11 is 5.90. The van der Waals surface area contributed by atoms with Crippen LogP contribution in [0.15, 0.2) is 5.03 Å². The van der Waals surface area contributed by atoms with Crippen molar-refractivity contribution in [2.45, 2.75) is 49.7 Å². The molecule has 2 fully saturated rings. The lowest BCUT2D eigenvalue weighted by Gasteiger charge is -2.41. The lowest BCUT2D eigenvalue weighted by atomic mass is 10.1. The number of aryl methyl sites for hydroxylation is 1. The average Bonchev–Trinajstić information content (AvgIpc) is 3.03. The number of fused-ring (bicyclic) bond motifs is 1. The number of nitrogens with one attached hydrogen (secondary N) is 1. The molecule has 8 heteroatoms. The summed E-state index contributed by atoms with van der Waals surface area (Å²) in [6, 6.07) is 0.306. The highest BCUT2D eigenvalue weighted by Gasteiger charge is 2.41. The molecule has 0 spiro atoms. The summed E-state index contributed by atoms with van der Waals surface area (Å²) in [4.78, 5) is 2.40. The third-order valence-electron chi connectivity index (χ3n) is 4.60. The molecule has 118 valence electrons. The van der Waals surface area contributed by atoms with Crippen LogP contribution in [-0.4, -0.2) is 59.5 Å². The molecule has 0 saturated carbocycles. The van der Waals surface area contributed by atoms with Gasteiger partial charge in [0.05, 0.1) is 5.88 Å². The van der Waals surface area contributed by atoms with Crippen LogP contribution in [0, 0.1) is 6.92 Å². The van der Waals surface area contributed by atoms with Gasteiger partial charge in [-0.05, 0) is 33.2 Å². The van der Waals surface area contributed by atoms with Crippen molar-refractivity contribution in [1.82, 2.24) is 19.4 Å². The molecular weight excluding hydrogens is 312 g/mol. The Balaban J connectivity index is 1.94. The highest BCUT2D eigenvalue weighted by Crippen LogP contribution is 2.30. The Labute approximate surface area is 130 Å². The third-order valence-corrected chi connectivity index (χ3v) is 6.82. The van der Waals surface area contributed by atoms with Gasteiger partial charge in [-0.15, -0.1) is 11.6 Å². The molecule has 0 bridgehead atoms. The van der Waals surface area contributed by atoms with E-state index in [1.807, 2.05) is 6.92 Å². The molecule has 0 amide bonds. The van der Waals surface area contributed by atoms with Crippen LogP contribution in [0.3, 0.4) is 0 Å². The standard InChI is InChI=1S/C13H21ClN4O2S/c1-9-7-17-5-3-4-11(17)8-18(9)21(19,20)13-12(6-14)10(2)15-16-13/h9,11H,3-8H2,1-2H3,(H,15,16). The van der Waals surface area contributed by atoms with Gasteiger partial charge in [-0.2, -0.15) is 9.40 Å². The first-order valence-electron chi connectivity index (χ1n) is 7.31. The van der Waals surface area contributed by atoms with Gasteiger partial charge in [0, 0.05) is 36.4 Å². The largest absolute Gasteiger partial charge is 0.297 e. The van der Waals surface area contributed by atoms with Gasteiger partial charge in [0.25, 0.3) is 10.0 Å². The maximum absolute atomic E-state index is 12.9. The molecule has 2 aliphatic heterocycles. The molecule has 6 nitrogen and oxygen atoms in total. The van der Waals surface area contributed by atoms with E-state index >= 15 is 0 Å². The van der Waals surface area contributed by atoms with Gasteiger partial charge in [0.2, 0.25) is 0 Å². The molecule has 1 aromatic heterocycles. The maximum atomic E-state index is 12.9. The van der Waals surface area contributed by atoms with Gasteiger partial charge in [-0.3, -0.25) is 10.00 Å². The van der Waals surface area contributed by atoms with Gasteiger partial charge in [0.1, 0.15) is 0 Å². The van der Waals surface area contributed by atoms with Gasteiger partial charge in [-0.1, -0.05) is 0 Å². The van der Waals surface area contributed by atoms with Gasteiger partial charge < -0.3 is 0 Å². The molecule has 21 heavy (non-hydrogen) atoms. The minimum absolute atomic E-state index is 0.0375. The Morgan fingerprint density at radius 1 is 1.43 bits per heavy atom. The fourth-order valence-electron chi connectivity index (χ4n) is 3.41. The molecular formula is C13H21ClN4O2S. The number of halogens is 1. The fraction of sp³-hybridized carbons (Fsp3) is 0.769. The number of aromatic amines is 1. The molecule has 2 unspecified atom stereocenters. The molecule has 3 heterocycles. The van der Waals surface area contributed by atoms with E-state index in [9.17, 15) is 8.42 Å². The Hall–Kier alpha value is -0.630. The van der Waals surface area contributed by atoms with Crippen LogP contribution < -0.4 is 0 Å². The van der Waals surface area contributed by atoms with E-state index in [4.69, 9.17) is 11.6 Å². The van der Waals surface area contributed by atoms with Crippen molar-refractivity contribution in [2.24, 2.45) is 0 Å². The smallest absolute Gasteiger partial charge is 0.263 e. The lowest BCUT2D eigenvalue weighted by Crippen LogP contribution is -2.56. The second-order valence-corrected chi connectivity index (χ2v) is 8.05. The topological polar surface area (TPSA) is 69.3 Å². The summed E-state index contributed by atoms with van der Waals surface area (Å²) < 4.78 is 27.5. The minimum Gasteiger partial charge on any atom is -0.297 e. The molecule has 3 rings (SSSR count). The molecule has 0 radical (unpaired) electrons. The van der Waals surface area contributed by atoms with Crippen molar-refractivity contribution in [1.29, 1.82) is 0 Å². The highest BCUT2D eigenvalue weighted by atomic mass is 35.5. The zero-order valence-electron chi connectivity index (χ0n) is 12.3. The Kier molecular flexibility index (Phi) is 4.02. The first kappa shape index (κ1) is 15.3. The van der Waals surface area contributed by atoms with Crippen LogP contribution in [0.25, 0.3) is 0 Å². The number of aromatic nitrogens is 2. The molecule has 2 saturated heterocycles. The predicted molar refractivity (Wildman–Crippen MR) is 80.8 cm³/mol. The van der Waals surface area contributed by atoms with Crippen molar-refractivity contribution in [3.8, 4) is 0 Å². The highest BCUT2D eigenvalue weighted by molar-refractivity contribution is 7.89. The van der Waals surface area contributed by atoms with Crippen molar-refractivity contribution in [2.75, 3.05) is 19.6 Å². The van der Waals surface area contributed by atoms with Gasteiger partial charge in [0.15, 0.2) is 5.03 Å². The normalized spacial score (nSPS) is 28.0. The molecule has 2 aliphatic rings. The number of hydrogen-bond donors (Lipinski definition) is 1. The molecule has 2 atom stereocenters. The first-order valence-corrected chi connectivity index (χ1v) is 9.28. The van der Waals surface area contributed by atoms with E-state index in [-0.39, 0.29) is 16.9 Å². The van der Waals surface area contributed by atoms with E-state index in [2.05, 4.69) is 15.1 Å². The van der Waals surface area contributed by atoms with Crippen molar-refractivity contribution in [3.05, 3.63) is 11.3 Å². The number of hydrogen-bond acceptors (Lipinski definition) is 4. The van der Waals surface area contributed by atoms with Crippen LogP contribution in [0.4, 0.5) is 0 Å². The summed E-state index contributed by atoms with van der Waals surface area (Å²) in [6.07, 6.45) is 2.22. The minimum atomic E-state index is -3.59. The van der Waals surface area contributed by atoms with E-state index in [0.29, 0.717) is 18.2 Å². The average molecular weight is 333 g/mol. The van der Waals surface area contributed by atoms with Crippen LogP contribution in [0.5, 0.6) is 0 Å². The van der Waals surface area contributed by atoms with Crippen LogP contribution in [0.1, 0.15) is 31.0 Å². The van der Waals surface area contributed by atoms with Crippen molar-refractivity contribution in [3.63, 3.8) is 0 Å². The molecule has 1 N–H and O–H groups in total. The zero-order valence-corrected chi connectivity index (χ0v) is 13.9. The summed E-state index contributed by atoms with van der Waals surface area (Å²) in [6.45, 7) is 6.19.